The van der Waals surface area contributed by atoms with E-state index >= 15 is 0 Å². The highest BCUT2D eigenvalue weighted by atomic mass is 35.5. The molecular weight excluding hydrogens is 420 g/mol. The maximum atomic E-state index is 12.9. The van der Waals surface area contributed by atoms with Gasteiger partial charge < -0.3 is 20.0 Å². The molecule has 3 rings (SSSR count). The molecule has 1 amide bonds. The SMILES string of the molecule is CN(C)c1ccc(C2/C(=C(/O)c3ccc(Cl)cc3)C(=O)C(=O)N2CCCC(=O)O)cc1. The Balaban J connectivity index is 2.09. The number of aliphatic hydroxyl groups is 1. The van der Waals surface area contributed by atoms with Crippen LogP contribution in [0.15, 0.2) is 54.1 Å². The first kappa shape index (κ1) is 22.4. The summed E-state index contributed by atoms with van der Waals surface area (Å²) in [6, 6.07) is 12.8. The number of amides is 1. The van der Waals surface area contributed by atoms with Crippen LogP contribution in [-0.4, -0.2) is 53.4 Å². The van der Waals surface area contributed by atoms with Crippen LogP contribution in [0.1, 0.15) is 30.0 Å². The summed E-state index contributed by atoms with van der Waals surface area (Å²) in [5.74, 6) is -2.84. The lowest BCUT2D eigenvalue weighted by Gasteiger charge is -2.25. The van der Waals surface area contributed by atoms with Gasteiger partial charge in [0.15, 0.2) is 0 Å². The lowest BCUT2D eigenvalue weighted by molar-refractivity contribution is -0.140. The third-order valence-corrected chi connectivity index (χ3v) is 5.42. The van der Waals surface area contributed by atoms with Crippen molar-refractivity contribution in [1.82, 2.24) is 4.90 Å². The summed E-state index contributed by atoms with van der Waals surface area (Å²) in [5, 5.41) is 20.4. The fraction of sp³-hybridized carbons (Fsp3) is 0.261. The number of Topliss-reactive ketones (excluding diaryl/α,β-unsaturated/α-hetero) is 1. The van der Waals surface area contributed by atoms with Gasteiger partial charge in [-0.05, 0) is 48.4 Å². The predicted molar refractivity (Wildman–Crippen MR) is 118 cm³/mol. The molecule has 0 saturated carbocycles. The number of anilines is 1. The van der Waals surface area contributed by atoms with Crippen molar-refractivity contribution < 1.29 is 24.6 Å². The molecular formula is C23H23ClN2O5. The number of carboxylic acid groups (broad SMARTS) is 1. The molecule has 0 bridgehead atoms. The Labute approximate surface area is 185 Å². The number of aliphatic hydroxyl groups excluding tert-OH is 1. The number of ketones is 1. The average Bonchev–Trinajstić information content (AvgIpc) is 2.98. The highest BCUT2D eigenvalue weighted by Crippen LogP contribution is 2.40. The molecule has 1 fully saturated rings. The summed E-state index contributed by atoms with van der Waals surface area (Å²) in [7, 11) is 3.79. The van der Waals surface area contributed by atoms with E-state index in [9.17, 15) is 19.5 Å². The van der Waals surface area contributed by atoms with Crippen LogP contribution in [0.25, 0.3) is 5.76 Å². The molecule has 7 nitrogen and oxygen atoms in total. The molecule has 162 valence electrons. The van der Waals surface area contributed by atoms with E-state index in [1.807, 2.05) is 31.1 Å². The van der Waals surface area contributed by atoms with Gasteiger partial charge in [-0.15, -0.1) is 0 Å². The van der Waals surface area contributed by atoms with E-state index in [4.69, 9.17) is 16.7 Å². The quantitative estimate of drug-likeness (QED) is 0.385. The Bertz CT molecular complexity index is 1030. The first-order chi connectivity index (χ1) is 14.7. The summed E-state index contributed by atoms with van der Waals surface area (Å²) in [4.78, 5) is 39.9. The van der Waals surface area contributed by atoms with Gasteiger partial charge in [-0.1, -0.05) is 23.7 Å². The van der Waals surface area contributed by atoms with Gasteiger partial charge in [0.05, 0.1) is 11.6 Å². The highest BCUT2D eigenvalue weighted by molar-refractivity contribution is 6.46. The van der Waals surface area contributed by atoms with Gasteiger partial charge in [-0.3, -0.25) is 14.4 Å². The zero-order valence-electron chi connectivity index (χ0n) is 17.2. The molecule has 8 heteroatoms. The lowest BCUT2D eigenvalue weighted by atomic mass is 9.95. The summed E-state index contributed by atoms with van der Waals surface area (Å²) in [6.45, 7) is 0.0777. The van der Waals surface area contributed by atoms with E-state index in [0.717, 1.165) is 5.69 Å². The topological polar surface area (TPSA) is 98.2 Å². The zero-order chi connectivity index (χ0) is 22.7. The van der Waals surface area contributed by atoms with Crippen LogP contribution in [0, 0.1) is 0 Å². The lowest BCUT2D eigenvalue weighted by Crippen LogP contribution is -2.31. The van der Waals surface area contributed by atoms with Crippen molar-refractivity contribution in [1.29, 1.82) is 0 Å². The van der Waals surface area contributed by atoms with E-state index < -0.39 is 23.7 Å². The first-order valence-electron chi connectivity index (χ1n) is 9.74. The zero-order valence-corrected chi connectivity index (χ0v) is 18.0. The van der Waals surface area contributed by atoms with Gasteiger partial charge >= 0.3 is 5.97 Å². The summed E-state index contributed by atoms with van der Waals surface area (Å²) >= 11 is 5.92. The predicted octanol–water partition coefficient (Wildman–Crippen LogP) is 3.69. The molecule has 0 aliphatic carbocycles. The Morgan fingerprint density at radius 3 is 2.19 bits per heavy atom. The second-order valence-corrected chi connectivity index (χ2v) is 7.92. The third kappa shape index (κ3) is 4.72. The smallest absolute Gasteiger partial charge is 0.303 e. The minimum atomic E-state index is -0.982. The van der Waals surface area contributed by atoms with Gasteiger partial charge in [-0.25, -0.2) is 0 Å². The van der Waals surface area contributed by atoms with E-state index in [0.29, 0.717) is 16.1 Å². The number of hydrogen-bond donors (Lipinski definition) is 2. The number of nitrogens with zero attached hydrogens (tertiary/aromatic N) is 2. The maximum absolute atomic E-state index is 12.9. The minimum Gasteiger partial charge on any atom is -0.507 e. The maximum Gasteiger partial charge on any atom is 0.303 e. The minimum absolute atomic E-state index is 0.0275. The second-order valence-electron chi connectivity index (χ2n) is 7.48. The van der Waals surface area contributed by atoms with Crippen molar-refractivity contribution >= 4 is 40.7 Å². The summed E-state index contributed by atoms with van der Waals surface area (Å²) in [6.07, 6.45) is 0.0576. The van der Waals surface area contributed by atoms with Crippen LogP contribution in [0.2, 0.25) is 5.02 Å². The van der Waals surface area contributed by atoms with Gasteiger partial charge in [0.2, 0.25) is 0 Å². The van der Waals surface area contributed by atoms with Gasteiger partial charge in [-0.2, -0.15) is 0 Å². The first-order valence-corrected chi connectivity index (χ1v) is 10.1. The fourth-order valence-electron chi connectivity index (χ4n) is 3.58. The average molecular weight is 443 g/mol. The van der Waals surface area contributed by atoms with Gasteiger partial charge in [0.1, 0.15) is 5.76 Å². The van der Waals surface area contributed by atoms with Crippen molar-refractivity contribution in [2.24, 2.45) is 0 Å². The highest BCUT2D eigenvalue weighted by Gasteiger charge is 2.45. The van der Waals surface area contributed by atoms with E-state index in [1.165, 1.54) is 4.90 Å². The van der Waals surface area contributed by atoms with Crippen LogP contribution in [-0.2, 0) is 14.4 Å². The van der Waals surface area contributed by atoms with Crippen molar-refractivity contribution in [3.05, 3.63) is 70.3 Å². The molecule has 0 radical (unpaired) electrons. The van der Waals surface area contributed by atoms with Crippen molar-refractivity contribution in [2.45, 2.75) is 18.9 Å². The molecule has 1 saturated heterocycles. The second kappa shape index (κ2) is 9.22. The fourth-order valence-corrected chi connectivity index (χ4v) is 3.70. The third-order valence-electron chi connectivity index (χ3n) is 5.17. The van der Waals surface area contributed by atoms with Crippen LogP contribution in [0.4, 0.5) is 5.69 Å². The Hall–Kier alpha value is -3.32. The van der Waals surface area contributed by atoms with Crippen LogP contribution < -0.4 is 4.90 Å². The van der Waals surface area contributed by atoms with Gasteiger partial charge in [0.25, 0.3) is 11.7 Å². The number of benzene rings is 2. The van der Waals surface area contributed by atoms with Crippen LogP contribution in [0.5, 0.6) is 0 Å². The summed E-state index contributed by atoms with van der Waals surface area (Å²) in [5.41, 5.74) is 1.92. The number of carbonyl (C=O) groups excluding carboxylic acids is 2. The Morgan fingerprint density at radius 2 is 1.65 bits per heavy atom. The van der Waals surface area contributed by atoms with Crippen LogP contribution in [0.3, 0.4) is 0 Å². The van der Waals surface area contributed by atoms with E-state index in [2.05, 4.69) is 0 Å². The molecule has 2 N–H and O–H groups in total. The molecule has 2 aromatic carbocycles. The number of carboxylic acids is 1. The number of likely N-dealkylation sites (tertiary alicyclic amines) is 1. The molecule has 31 heavy (non-hydrogen) atoms. The molecule has 1 aliphatic heterocycles. The van der Waals surface area contributed by atoms with Gasteiger partial charge in [0, 0.05) is 43.3 Å². The molecule has 1 unspecified atom stereocenters. The molecule has 1 heterocycles. The largest absolute Gasteiger partial charge is 0.507 e. The van der Waals surface area contributed by atoms with Crippen molar-refractivity contribution in [3.8, 4) is 0 Å². The standard InChI is InChI=1S/C23H23ClN2O5/c1-25(2)17-11-7-14(8-12-17)20-19(21(29)15-5-9-16(24)10-6-15)22(30)23(31)26(20)13-3-4-18(27)28/h5-12,20,29H,3-4,13H2,1-2H3,(H,27,28)/b21-19-. The molecule has 1 aliphatic rings. The van der Waals surface area contributed by atoms with Crippen molar-refractivity contribution in [2.75, 3.05) is 25.5 Å². The molecule has 0 spiro atoms. The van der Waals surface area contributed by atoms with E-state index in [1.54, 1.807) is 36.4 Å². The number of rotatable bonds is 7. The summed E-state index contributed by atoms with van der Waals surface area (Å²) < 4.78 is 0. The number of carbonyl (C=O) groups is 3. The number of hydrogen-bond acceptors (Lipinski definition) is 5. The van der Waals surface area contributed by atoms with Crippen LogP contribution >= 0.6 is 11.6 Å². The monoisotopic (exact) mass is 442 g/mol. The van der Waals surface area contributed by atoms with E-state index in [-0.39, 0.29) is 30.7 Å². The normalized spacial score (nSPS) is 17.8. The van der Waals surface area contributed by atoms with Crippen molar-refractivity contribution in [3.63, 3.8) is 0 Å². The molecule has 1 atom stereocenters. The Morgan fingerprint density at radius 1 is 1.03 bits per heavy atom. The Kier molecular flexibility index (Phi) is 6.65. The number of aliphatic carboxylic acids is 1. The molecule has 0 aromatic heterocycles. The number of halogens is 1. The molecule has 2 aromatic rings.